The molecule has 136 valence electrons. The van der Waals surface area contributed by atoms with Gasteiger partial charge >= 0.3 is 0 Å². The van der Waals surface area contributed by atoms with Crippen molar-refractivity contribution in [3.8, 4) is 0 Å². The summed E-state index contributed by atoms with van der Waals surface area (Å²) in [6.45, 7) is 6.94. The fraction of sp³-hybridized carbons (Fsp3) is 0.833. The van der Waals surface area contributed by atoms with Crippen molar-refractivity contribution < 1.29 is 14.3 Å². The molecule has 0 aromatic carbocycles. The van der Waals surface area contributed by atoms with Gasteiger partial charge in [0.05, 0.1) is 26.0 Å². The van der Waals surface area contributed by atoms with Crippen molar-refractivity contribution in [2.24, 2.45) is 16.7 Å². The Bertz CT molecular complexity index is 674. The van der Waals surface area contributed by atoms with E-state index in [1.54, 1.807) is 4.68 Å². The molecule has 0 bridgehead atoms. The van der Waals surface area contributed by atoms with Crippen LogP contribution in [0.5, 0.6) is 0 Å². The number of rotatable bonds is 4. The van der Waals surface area contributed by atoms with Crippen molar-refractivity contribution in [3.63, 3.8) is 0 Å². The lowest BCUT2D eigenvalue weighted by atomic mass is 9.64. The minimum absolute atomic E-state index is 0.0512. The molecule has 1 spiro atoms. The standard InChI is InChI=1S/C18H26N4O3/c1-17(11-25-12-17)9-21-8-14(19-20-21)16(23)22-10-18(4-6-24-7-5-18)15(22)13-2-3-13/h8,13,15H,2-7,9-12H2,1H3. The molecule has 1 unspecified atom stereocenters. The smallest absolute Gasteiger partial charge is 0.276 e. The first-order chi connectivity index (χ1) is 12.1. The highest BCUT2D eigenvalue weighted by Crippen LogP contribution is 2.55. The van der Waals surface area contributed by atoms with Gasteiger partial charge in [0, 0.05) is 36.6 Å². The van der Waals surface area contributed by atoms with Gasteiger partial charge in [-0.25, -0.2) is 0 Å². The monoisotopic (exact) mass is 346 g/mol. The fourth-order valence-corrected chi connectivity index (χ4v) is 4.90. The van der Waals surface area contributed by atoms with Gasteiger partial charge in [-0.2, -0.15) is 0 Å². The van der Waals surface area contributed by atoms with Gasteiger partial charge in [0.15, 0.2) is 5.69 Å². The second-order valence-corrected chi connectivity index (χ2v) is 8.79. The quantitative estimate of drug-likeness (QED) is 0.823. The normalized spacial score (nSPS) is 30.0. The van der Waals surface area contributed by atoms with Crippen LogP contribution in [0, 0.1) is 16.7 Å². The summed E-state index contributed by atoms with van der Waals surface area (Å²) in [7, 11) is 0. The zero-order valence-corrected chi connectivity index (χ0v) is 14.8. The molecule has 3 aliphatic heterocycles. The summed E-state index contributed by atoms with van der Waals surface area (Å²) >= 11 is 0. The Morgan fingerprint density at radius 1 is 1.28 bits per heavy atom. The van der Waals surface area contributed by atoms with Crippen molar-refractivity contribution >= 4 is 5.91 Å². The highest BCUT2D eigenvalue weighted by molar-refractivity contribution is 5.93. The number of carbonyl (C=O) groups is 1. The van der Waals surface area contributed by atoms with E-state index in [-0.39, 0.29) is 11.3 Å². The molecular formula is C18H26N4O3. The number of hydrogen-bond acceptors (Lipinski definition) is 5. The van der Waals surface area contributed by atoms with E-state index in [2.05, 4.69) is 22.1 Å². The first-order valence-electron chi connectivity index (χ1n) is 9.45. The minimum atomic E-state index is 0.0512. The highest BCUT2D eigenvalue weighted by Gasteiger charge is 2.59. The van der Waals surface area contributed by atoms with Crippen LogP contribution < -0.4 is 0 Å². The topological polar surface area (TPSA) is 69.5 Å². The number of carbonyl (C=O) groups excluding carboxylic acids is 1. The van der Waals surface area contributed by atoms with E-state index in [0.717, 1.165) is 52.4 Å². The summed E-state index contributed by atoms with van der Waals surface area (Å²) in [5.74, 6) is 0.729. The number of amides is 1. The Labute approximate surface area is 147 Å². The molecule has 1 amide bonds. The first kappa shape index (κ1) is 15.8. The van der Waals surface area contributed by atoms with Gasteiger partial charge in [-0.3, -0.25) is 9.48 Å². The van der Waals surface area contributed by atoms with E-state index < -0.39 is 0 Å². The summed E-state index contributed by atoms with van der Waals surface area (Å²) < 4.78 is 12.6. The van der Waals surface area contributed by atoms with E-state index in [1.807, 2.05) is 6.20 Å². The van der Waals surface area contributed by atoms with Crippen LogP contribution in [-0.4, -0.2) is 64.8 Å². The maximum Gasteiger partial charge on any atom is 0.276 e. The molecule has 4 aliphatic rings. The van der Waals surface area contributed by atoms with Gasteiger partial charge in [-0.15, -0.1) is 5.10 Å². The average molecular weight is 346 g/mol. The van der Waals surface area contributed by atoms with E-state index in [1.165, 1.54) is 12.8 Å². The molecule has 1 aliphatic carbocycles. The third-order valence-electron chi connectivity index (χ3n) is 6.47. The van der Waals surface area contributed by atoms with E-state index in [0.29, 0.717) is 23.1 Å². The summed E-state index contributed by atoms with van der Waals surface area (Å²) in [5.41, 5.74) is 0.895. The summed E-state index contributed by atoms with van der Waals surface area (Å²) in [5, 5.41) is 8.34. The van der Waals surface area contributed by atoms with Gasteiger partial charge in [-0.1, -0.05) is 12.1 Å². The molecule has 5 rings (SSSR count). The van der Waals surface area contributed by atoms with Gasteiger partial charge in [0.25, 0.3) is 5.91 Å². The molecule has 7 nitrogen and oxygen atoms in total. The molecule has 0 N–H and O–H groups in total. The predicted molar refractivity (Wildman–Crippen MR) is 89.0 cm³/mol. The molecule has 4 heterocycles. The number of nitrogens with zero attached hydrogens (tertiary/aromatic N) is 4. The van der Waals surface area contributed by atoms with Crippen LogP contribution in [0.15, 0.2) is 6.20 Å². The Kier molecular flexibility index (Phi) is 3.47. The third kappa shape index (κ3) is 2.59. The lowest BCUT2D eigenvalue weighted by molar-refractivity contribution is -0.120. The molecule has 3 saturated heterocycles. The van der Waals surface area contributed by atoms with Crippen molar-refractivity contribution in [2.75, 3.05) is 33.0 Å². The van der Waals surface area contributed by atoms with E-state index in [9.17, 15) is 4.79 Å². The zero-order chi connectivity index (χ0) is 17.1. The Balaban J connectivity index is 1.30. The molecule has 0 radical (unpaired) electrons. The van der Waals surface area contributed by atoms with Crippen molar-refractivity contribution in [1.82, 2.24) is 19.9 Å². The lowest BCUT2D eigenvalue weighted by Gasteiger charge is -2.59. The van der Waals surface area contributed by atoms with Gasteiger partial charge in [-0.05, 0) is 31.6 Å². The fourth-order valence-electron chi connectivity index (χ4n) is 4.90. The predicted octanol–water partition coefficient (Wildman–Crippen LogP) is 1.35. The van der Waals surface area contributed by atoms with E-state index >= 15 is 0 Å². The van der Waals surface area contributed by atoms with Crippen LogP contribution in [0.2, 0.25) is 0 Å². The van der Waals surface area contributed by atoms with Gasteiger partial charge in [0.1, 0.15) is 0 Å². The van der Waals surface area contributed by atoms with Crippen molar-refractivity contribution in [2.45, 2.75) is 45.2 Å². The largest absolute Gasteiger partial charge is 0.381 e. The maximum atomic E-state index is 13.0. The first-order valence-corrected chi connectivity index (χ1v) is 9.45. The molecule has 1 saturated carbocycles. The van der Waals surface area contributed by atoms with Crippen LogP contribution in [0.4, 0.5) is 0 Å². The summed E-state index contributed by atoms with van der Waals surface area (Å²) in [4.78, 5) is 15.1. The third-order valence-corrected chi connectivity index (χ3v) is 6.47. The maximum absolute atomic E-state index is 13.0. The molecule has 1 aromatic heterocycles. The zero-order valence-electron chi connectivity index (χ0n) is 14.8. The van der Waals surface area contributed by atoms with Crippen LogP contribution in [0.3, 0.4) is 0 Å². The molecule has 7 heteroatoms. The Morgan fingerprint density at radius 2 is 2.04 bits per heavy atom. The number of likely N-dealkylation sites (tertiary alicyclic amines) is 1. The minimum Gasteiger partial charge on any atom is -0.381 e. The van der Waals surface area contributed by atoms with Gasteiger partial charge < -0.3 is 14.4 Å². The Hall–Kier alpha value is -1.47. The second kappa shape index (κ2) is 5.51. The average Bonchev–Trinajstić information content (AvgIpc) is 3.28. The van der Waals surface area contributed by atoms with Gasteiger partial charge in [0.2, 0.25) is 0 Å². The number of ether oxygens (including phenoxy) is 2. The number of aromatic nitrogens is 3. The summed E-state index contributed by atoms with van der Waals surface area (Å²) in [6.07, 6.45) is 6.49. The van der Waals surface area contributed by atoms with E-state index in [4.69, 9.17) is 9.47 Å². The number of hydrogen-bond donors (Lipinski definition) is 0. The summed E-state index contributed by atoms with van der Waals surface area (Å²) in [6, 6.07) is 0.381. The van der Waals surface area contributed by atoms with Crippen molar-refractivity contribution in [1.29, 1.82) is 0 Å². The molecule has 25 heavy (non-hydrogen) atoms. The lowest BCUT2D eigenvalue weighted by Crippen LogP contribution is -2.68. The van der Waals surface area contributed by atoms with Crippen LogP contribution in [-0.2, 0) is 16.0 Å². The highest BCUT2D eigenvalue weighted by atomic mass is 16.5. The Morgan fingerprint density at radius 3 is 2.68 bits per heavy atom. The SMILES string of the molecule is CC1(Cn2cc(C(=O)N3CC4(CCOCC4)C3C3CC3)nn2)COC1. The van der Waals surface area contributed by atoms with Crippen molar-refractivity contribution in [3.05, 3.63) is 11.9 Å². The second-order valence-electron chi connectivity index (χ2n) is 8.79. The molecule has 1 atom stereocenters. The van der Waals surface area contributed by atoms with Crippen LogP contribution in [0.1, 0.15) is 43.1 Å². The molecular weight excluding hydrogens is 320 g/mol. The van der Waals surface area contributed by atoms with Crippen LogP contribution in [0.25, 0.3) is 0 Å². The molecule has 4 fully saturated rings. The molecule has 1 aromatic rings. The van der Waals surface area contributed by atoms with Crippen LogP contribution >= 0.6 is 0 Å².